The summed E-state index contributed by atoms with van der Waals surface area (Å²) in [6, 6.07) is 2.93. The Hall–Kier alpha value is -1.18. The first-order chi connectivity index (χ1) is 5.15. The molecule has 0 aliphatic rings. The second kappa shape index (κ2) is 2.82. The first-order valence-electron chi connectivity index (χ1n) is 3.37. The van der Waals surface area contributed by atoms with Crippen molar-refractivity contribution in [3.63, 3.8) is 0 Å². The van der Waals surface area contributed by atoms with Crippen LogP contribution in [0.2, 0.25) is 0 Å². The van der Waals surface area contributed by atoms with Gasteiger partial charge in [0.15, 0.2) is 0 Å². The van der Waals surface area contributed by atoms with E-state index in [1.54, 1.807) is 19.9 Å². The number of halogens is 1. The van der Waals surface area contributed by atoms with Gasteiger partial charge in [-0.2, -0.15) is 0 Å². The molecule has 0 unspecified atom stereocenters. The van der Waals surface area contributed by atoms with Gasteiger partial charge >= 0.3 is 0 Å². The number of rotatable bonds is 1. The van der Waals surface area contributed by atoms with Gasteiger partial charge in [0.1, 0.15) is 12.1 Å². The Kier molecular flexibility index (Phi) is 2.03. The van der Waals surface area contributed by atoms with Gasteiger partial charge in [-0.1, -0.05) is 0 Å². The minimum Gasteiger partial charge on any atom is -0.298 e. The molecule has 11 heavy (non-hydrogen) atoms. The molecule has 0 saturated carbocycles. The van der Waals surface area contributed by atoms with Gasteiger partial charge in [0.2, 0.25) is 0 Å². The molecule has 0 amide bonds. The lowest BCUT2D eigenvalue weighted by Crippen LogP contribution is -1.90. The molecule has 1 nitrogen and oxygen atoms in total. The molecule has 0 aliphatic heterocycles. The third-order valence-corrected chi connectivity index (χ3v) is 1.67. The smallest absolute Gasteiger partial charge is 0.150 e. The molecule has 0 N–H and O–H groups in total. The molecule has 0 bridgehead atoms. The molecular weight excluding hydrogens is 143 g/mol. The Morgan fingerprint density at radius 2 is 1.91 bits per heavy atom. The predicted molar refractivity (Wildman–Crippen MR) is 41.3 cm³/mol. The minimum atomic E-state index is -0.256. The topological polar surface area (TPSA) is 17.1 Å². The largest absolute Gasteiger partial charge is 0.298 e. The van der Waals surface area contributed by atoms with Crippen molar-refractivity contribution in [3.8, 4) is 0 Å². The standard InChI is InChI=1S/C9H9FO/c1-6-4-9(10)7(2)3-8(6)5-11/h3-5H,1-2H3. The van der Waals surface area contributed by atoms with Crippen molar-refractivity contribution in [1.82, 2.24) is 0 Å². The third kappa shape index (κ3) is 1.45. The van der Waals surface area contributed by atoms with Gasteiger partial charge in [-0.05, 0) is 37.1 Å². The summed E-state index contributed by atoms with van der Waals surface area (Å²) in [5, 5.41) is 0. The number of benzene rings is 1. The molecule has 0 radical (unpaired) electrons. The summed E-state index contributed by atoms with van der Waals surface area (Å²) in [6.07, 6.45) is 0.738. The van der Waals surface area contributed by atoms with E-state index in [-0.39, 0.29) is 5.82 Å². The molecule has 0 atom stereocenters. The lowest BCUT2D eigenvalue weighted by Gasteiger charge is -2.00. The molecular formula is C9H9FO. The Morgan fingerprint density at radius 3 is 2.45 bits per heavy atom. The Labute approximate surface area is 64.9 Å². The van der Waals surface area contributed by atoms with E-state index in [9.17, 15) is 9.18 Å². The van der Waals surface area contributed by atoms with Crippen molar-refractivity contribution in [2.24, 2.45) is 0 Å². The fourth-order valence-corrected chi connectivity index (χ4v) is 0.930. The minimum absolute atomic E-state index is 0.256. The van der Waals surface area contributed by atoms with Gasteiger partial charge in [-0.15, -0.1) is 0 Å². The molecule has 2 heteroatoms. The van der Waals surface area contributed by atoms with Crippen LogP contribution in [0.15, 0.2) is 12.1 Å². The molecule has 1 aromatic rings. The lowest BCUT2D eigenvalue weighted by molar-refractivity contribution is 0.112. The fourth-order valence-electron chi connectivity index (χ4n) is 0.930. The van der Waals surface area contributed by atoms with E-state index in [0.29, 0.717) is 16.7 Å². The number of hydrogen-bond donors (Lipinski definition) is 0. The molecule has 0 fully saturated rings. The molecule has 0 aromatic heterocycles. The zero-order chi connectivity index (χ0) is 8.43. The summed E-state index contributed by atoms with van der Waals surface area (Å²) in [7, 11) is 0. The highest BCUT2D eigenvalue weighted by molar-refractivity contribution is 5.77. The summed E-state index contributed by atoms with van der Waals surface area (Å²) in [5.41, 5.74) is 1.75. The molecule has 0 aliphatic carbocycles. The lowest BCUT2D eigenvalue weighted by atomic mass is 10.1. The van der Waals surface area contributed by atoms with Crippen LogP contribution in [0.5, 0.6) is 0 Å². The van der Waals surface area contributed by atoms with Crippen LogP contribution in [0.3, 0.4) is 0 Å². The van der Waals surface area contributed by atoms with Crippen LogP contribution in [0.4, 0.5) is 4.39 Å². The second-order valence-electron chi connectivity index (χ2n) is 2.58. The molecule has 0 heterocycles. The van der Waals surface area contributed by atoms with Crippen LogP contribution >= 0.6 is 0 Å². The van der Waals surface area contributed by atoms with Crippen LogP contribution in [0, 0.1) is 19.7 Å². The van der Waals surface area contributed by atoms with E-state index in [2.05, 4.69) is 0 Å². The average molecular weight is 152 g/mol. The number of aryl methyl sites for hydroxylation is 2. The maximum Gasteiger partial charge on any atom is 0.150 e. The van der Waals surface area contributed by atoms with Crippen LogP contribution in [0.25, 0.3) is 0 Å². The maximum absolute atomic E-state index is 12.8. The van der Waals surface area contributed by atoms with Gasteiger partial charge in [0, 0.05) is 5.56 Å². The quantitative estimate of drug-likeness (QED) is 0.564. The Morgan fingerprint density at radius 1 is 1.27 bits per heavy atom. The van der Waals surface area contributed by atoms with Gasteiger partial charge in [0.05, 0.1) is 0 Å². The normalized spacial score (nSPS) is 9.73. The molecule has 0 spiro atoms. The Bertz CT molecular complexity index is 292. The Balaban J connectivity index is 3.31. The zero-order valence-electron chi connectivity index (χ0n) is 6.52. The van der Waals surface area contributed by atoms with E-state index in [0.717, 1.165) is 6.29 Å². The zero-order valence-corrected chi connectivity index (χ0v) is 6.52. The van der Waals surface area contributed by atoms with E-state index >= 15 is 0 Å². The van der Waals surface area contributed by atoms with Crippen LogP contribution in [0.1, 0.15) is 21.5 Å². The van der Waals surface area contributed by atoms with Gasteiger partial charge in [-0.25, -0.2) is 4.39 Å². The number of carbonyl (C=O) groups is 1. The third-order valence-electron chi connectivity index (χ3n) is 1.67. The van der Waals surface area contributed by atoms with Gasteiger partial charge < -0.3 is 0 Å². The summed E-state index contributed by atoms with van der Waals surface area (Å²) in [6.45, 7) is 3.36. The predicted octanol–water partition coefficient (Wildman–Crippen LogP) is 2.26. The summed E-state index contributed by atoms with van der Waals surface area (Å²) < 4.78 is 12.8. The van der Waals surface area contributed by atoms with E-state index in [1.165, 1.54) is 6.07 Å². The SMILES string of the molecule is Cc1cc(C=O)c(C)cc1F. The summed E-state index contributed by atoms with van der Waals surface area (Å²) >= 11 is 0. The van der Waals surface area contributed by atoms with Crippen LogP contribution < -0.4 is 0 Å². The van der Waals surface area contributed by atoms with Crippen molar-refractivity contribution >= 4 is 6.29 Å². The summed E-state index contributed by atoms with van der Waals surface area (Å²) in [4.78, 5) is 10.4. The monoisotopic (exact) mass is 152 g/mol. The van der Waals surface area contributed by atoms with Crippen molar-refractivity contribution in [3.05, 3.63) is 34.6 Å². The average Bonchev–Trinajstić information content (AvgIpc) is 1.97. The molecule has 0 saturated heterocycles. The number of hydrogen-bond acceptors (Lipinski definition) is 1. The summed E-state index contributed by atoms with van der Waals surface area (Å²) in [5.74, 6) is -0.256. The molecule has 1 aromatic carbocycles. The van der Waals surface area contributed by atoms with E-state index < -0.39 is 0 Å². The first-order valence-corrected chi connectivity index (χ1v) is 3.37. The van der Waals surface area contributed by atoms with E-state index in [1.807, 2.05) is 0 Å². The van der Waals surface area contributed by atoms with Crippen molar-refractivity contribution in [2.75, 3.05) is 0 Å². The van der Waals surface area contributed by atoms with Crippen molar-refractivity contribution < 1.29 is 9.18 Å². The second-order valence-corrected chi connectivity index (χ2v) is 2.58. The highest BCUT2D eigenvalue weighted by Crippen LogP contribution is 2.12. The fraction of sp³-hybridized carbons (Fsp3) is 0.222. The van der Waals surface area contributed by atoms with Crippen molar-refractivity contribution in [1.29, 1.82) is 0 Å². The van der Waals surface area contributed by atoms with Gasteiger partial charge in [0.25, 0.3) is 0 Å². The van der Waals surface area contributed by atoms with Crippen molar-refractivity contribution in [2.45, 2.75) is 13.8 Å². The highest BCUT2D eigenvalue weighted by Gasteiger charge is 2.01. The van der Waals surface area contributed by atoms with Gasteiger partial charge in [-0.3, -0.25) is 4.79 Å². The molecule has 58 valence electrons. The maximum atomic E-state index is 12.8. The van der Waals surface area contributed by atoms with Crippen LogP contribution in [-0.2, 0) is 0 Å². The number of carbonyl (C=O) groups excluding carboxylic acids is 1. The highest BCUT2D eigenvalue weighted by atomic mass is 19.1. The molecule has 1 rings (SSSR count). The first kappa shape index (κ1) is 7.92. The van der Waals surface area contributed by atoms with Crippen LogP contribution in [-0.4, -0.2) is 6.29 Å². The number of aldehydes is 1. The van der Waals surface area contributed by atoms with E-state index in [4.69, 9.17) is 0 Å².